The molecule has 0 bridgehead atoms. The molecule has 166 valence electrons. The van der Waals surface area contributed by atoms with Crippen LogP contribution in [0.3, 0.4) is 0 Å². The molecule has 3 aromatic heterocycles. The van der Waals surface area contributed by atoms with Crippen LogP contribution in [0, 0.1) is 27.7 Å². The fraction of sp³-hybridized carbons (Fsp3) is 0.318. The van der Waals surface area contributed by atoms with E-state index in [0.29, 0.717) is 12.5 Å². The zero-order chi connectivity index (χ0) is 23.3. The number of fused-ring (bicyclic) bond motifs is 1. The molecule has 10 nitrogen and oxygen atoms in total. The summed E-state index contributed by atoms with van der Waals surface area (Å²) < 4.78 is 5.54. The maximum Gasteiger partial charge on any atom is 0.332 e. The molecule has 0 radical (unpaired) electrons. The molecule has 0 saturated carbocycles. The van der Waals surface area contributed by atoms with Gasteiger partial charge in [-0.25, -0.2) is 14.0 Å². The molecule has 0 fully saturated rings. The predicted octanol–water partition coefficient (Wildman–Crippen LogP) is 0.850. The predicted molar refractivity (Wildman–Crippen MR) is 120 cm³/mol. The number of hydrogen-bond donors (Lipinski definition) is 1. The minimum Gasteiger partial charge on any atom is -0.368 e. The summed E-state index contributed by atoms with van der Waals surface area (Å²) in [5, 5.41) is 4.62. The second-order valence-corrected chi connectivity index (χ2v) is 8.00. The first-order valence-corrected chi connectivity index (χ1v) is 10.2. The molecular weight excluding hydrogens is 410 g/mol. The summed E-state index contributed by atoms with van der Waals surface area (Å²) in [6.07, 6.45) is 0. The van der Waals surface area contributed by atoms with Gasteiger partial charge in [-0.05, 0) is 44.4 Å². The Balaban J connectivity index is 2.12. The Kier molecular flexibility index (Phi) is 5.08. The molecule has 0 spiro atoms. The van der Waals surface area contributed by atoms with Gasteiger partial charge in [-0.1, -0.05) is 24.3 Å². The highest BCUT2D eigenvalue weighted by Crippen LogP contribution is 2.22. The van der Waals surface area contributed by atoms with Crippen molar-refractivity contribution in [1.29, 1.82) is 0 Å². The Hall–Kier alpha value is -3.95. The Morgan fingerprint density at radius 3 is 2.34 bits per heavy atom. The van der Waals surface area contributed by atoms with E-state index in [9.17, 15) is 14.4 Å². The fourth-order valence-corrected chi connectivity index (χ4v) is 3.84. The van der Waals surface area contributed by atoms with Gasteiger partial charge in [0.25, 0.3) is 5.56 Å². The Morgan fingerprint density at radius 1 is 1.06 bits per heavy atom. The molecule has 0 unspecified atom stereocenters. The number of primary amides is 1. The maximum absolute atomic E-state index is 13.4. The molecule has 3 heterocycles. The van der Waals surface area contributed by atoms with Crippen LogP contribution in [0.2, 0.25) is 0 Å². The van der Waals surface area contributed by atoms with Crippen molar-refractivity contribution in [3.05, 3.63) is 73.2 Å². The minimum absolute atomic E-state index is 0.205. The first kappa shape index (κ1) is 21.3. The molecule has 0 aliphatic carbocycles. The van der Waals surface area contributed by atoms with Crippen LogP contribution in [0.25, 0.3) is 17.1 Å². The van der Waals surface area contributed by atoms with Gasteiger partial charge in [0.1, 0.15) is 6.54 Å². The number of carbonyl (C=O) groups is 1. The van der Waals surface area contributed by atoms with Gasteiger partial charge in [0.05, 0.1) is 12.2 Å². The minimum atomic E-state index is -0.775. The zero-order valence-electron chi connectivity index (χ0n) is 18.7. The van der Waals surface area contributed by atoms with Gasteiger partial charge in [-0.15, -0.1) is 0 Å². The van der Waals surface area contributed by atoms with Crippen molar-refractivity contribution < 1.29 is 4.79 Å². The van der Waals surface area contributed by atoms with E-state index < -0.39 is 23.7 Å². The molecule has 10 heteroatoms. The zero-order valence-corrected chi connectivity index (χ0v) is 18.7. The first-order valence-electron chi connectivity index (χ1n) is 10.2. The van der Waals surface area contributed by atoms with Gasteiger partial charge in [-0.2, -0.15) is 10.1 Å². The van der Waals surface area contributed by atoms with Crippen LogP contribution >= 0.6 is 0 Å². The van der Waals surface area contributed by atoms with E-state index in [4.69, 9.17) is 5.73 Å². The highest BCUT2D eigenvalue weighted by Gasteiger charge is 2.24. The summed E-state index contributed by atoms with van der Waals surface area (Å²) in [4.78, 5) is 42.4. The largest absolute Gasteiger partial charge is 0.368 e. The summed E-state index contributed by atoms with van der Waals surface area (Å²) >= 11 is 0. The molecule has 0 saturated heterocycles. The van der Waals surface area contributed by atoms with E-state index in [1.165, 1.54) is 11.6 Å². The molecule has 1 aromatic carbocycles. The molecule has 4 aromatic rings. The number of carbonyl (C=O) groups excluding carboxylic acids is 1. The van der Waals surface area contributed by atoms with Crippen LogP contribution in [-0.2, 0) is 24.9 Å². The van der Waals surface area contributed by atoms with Crippen LogP contribution in [0.5, 0.6) is 0 Å². The topological polar surface area (TPSA) is 123 Å². The second kappa shape index (κ2) is 7.63. The molecule has 4 rings (SSSR count). The Labute approximate surface area is 183 Å². The Bertz CT molecular complexity index is 1500. The van der Waals surface area contributed by atoms with Gasteiger partial charge in [0.15, 0.2) is 11.2 Å². The maximum atomic E-state index is 13.4. The lowest BCUT2D eigenvalue weighted by molar-refractivity contribution is -0.118. The molecular formula is C22H25N7O3. The average Bonchev–Trinajstić information content (AvgIpc) is 3.24. The normalized spacial score (nSPS) is 11.4. The lowest BCUT2D eigenvalue weighted by Crippen LogP contribution is -2.42. The lowest BCUT2D eigenvalue weighted by Gasteiger charge is -2.13. The third-order valence-corrected chi connectivity index (χ3v) is 5.96. The van der Waals surface area contributed by atoms with E-state index >= 15 is 0 Å². The summed E-state index contributed by atoms with van der Waals surface area (Å²) in [5.41, 5.74) is 9.21. The van der Waals surface area contributed by atoms with Crippen molar-refractivity contribution >= 4 is 17.1 Å². The van der Waals surface area contributed by atoms with Crippen LogP contribution < -0.4 is 17.0 Å². The van der Waals surface area contributed by atoms with Crippen molar-refractivity contribution in [3.8, 4) is 5.95 Å². The second-order valence-electron chi connectivity index (χ2n) is 8.00. The smallest absolute Gasteiger partial charge is 0.332 e. The molecule has 0 aliphatic heterocycles. The average molecular weight is 435 g/mol. The van der Waals surface area contributed by atoms with Crippen LogP contribution in [-0.4, -0.2) is 34.4 Å². The molecule has 0 atom stereocenters. The summed E-state index contributed by atoms with van der Waals surface area (Å²) in [7, 11) is 1.52. The van der Waals surface area contributed by atoms with Gasteiger partial charge < -0.3 is 5.73 Å². The fourth-order valence-electron chi connectivity index (χ4n) is 3.84. The van der Waals surface area contributed by atoms with E-state index in [1.54, 1.807) is 9.25 Å². The highest BCUT2D eigenvalue weighted by molar-refractivity contribution is 5.76. The monoisotopic (exact) mass is 435 g/mol. The third kappa shape index (κ3) is 3.24. The number of aromatic nitrogens is 6. The molecule has 2 N–H and O–H groups in total. The van der Waals surface area contributed by atoms with E-state index in [0.717, 1.165) is 32.6 Å². The van der Waals surface area contributed by atoms with Gasteiger partial charge in [0, 0.05) is 12.7 Å². The summed E-state index contributed by atoms with van der Waals surface area (Å²) in [5.74, 6) is -0.358. The van der Waals surface area contributed by atoms with Crippen molar-refractivity contribution in [1.82, 2.24) is 28.5 Å². The van der Waals surface area contributed by atoms with Gasteiger partial charge >= 0.3 is 5.69 Å². The van der Waals surface area contributed by atoms with Crippen molar-refractivity contribution in [3.63, 3.8) is 0 Å². The first-order chi connectivity index (χ1) is 15.1. The highest BCUT2D eigenvalue weighted by atomic mass is 16.2. The molecule has 32 heavy (non-hydrogen) atoms. The van der Waals surface area contributed by atoms with Crippen molar-refractivity contribution in [2.75, 3.05) is 0 Å². The Morgan fingerprint density at radius 2 is 1.75 bits per heavy atom. The number of nitrogens with two attached hydrogens (primary N) is 1. The quantitative estimate of drug-likeness (QED) is 0.498. The summed E-state index contributed by atoms with van der Waals surface area (Å²) in [6, 6.07) is 7.83. The summed E-state index contributed by atoms with van der Waals surface area (Å²) in [6.45, 7) is 7.62. The van der Waals surface area contributed by atoms with Crippen molar-refractivity contribution in [2.45, 2.75) is 40.8 Å². The number of nitrogens with zero attached hydrogens (tertiary/aromatic N) is 6. The number of hydrogen-bond acceptors (Lipinski definition) is 5. The number of aryl methyl sites for hydroxylation is 3. The third-order valence-electron chi connectivity index (χ3n) is 5.96. The van der Waals surface area contributed by atoms with Crippen LogP contribution in [0.4, 0.5) is 0 Å². The SMILES string of the molecule is Cc1ccccc1Cn1c(-n2nc(C)c(C)c2C)nc2c1c(=O)n(CC(N)=O)c(=O)n2C. The van der Waals surface area contributed by atoms with Crippen molar-refractivity contribution in [2.24, 2.45) is 12.8 Å². The standard InChI is InChI=1S/C22H25N7O3/c1-12-8-6-7-9-16(12)10-27-18-19(24-21(27)29-15(4)13(2)14(3)25-29)26(5)22(32)28(20(18)31)11-17(23)30/h6-9H,10-11H2,1-5H3,(H2,23,30). The lowest BCUT2D eigenvalue weighted by atomic mass is 10.1. The van der Waals surface area contributed by atoms with E-state index in [-0.39, 0.29) is 11.2 Å². The number of amides is 1. The van der Waals surface area contributed by atoms with Crippen LogP contribution in [0.15, 0.2) is 33.9 Å². The van der Waals surface area contributed by atoms with Gasteiger partial charge in [0.2, 0.25) is 11.9 Å². The number of benzene rings is 1. The number of imidazole rings is 1. The molecule has 1 amide bonds. The van der Waals surface area contributed by atoms with Gasteiger partial charge in [-0.3, -0.25) is 18.7 Å². The van der Waals surface area contributed by atoms with E-state index in [2.05, 4.69) is 10.1 Å². The van der Waals surface area contributed by atoms with Crippen LogP contribution in [0.1, 0.15) is 28.1 Å². The molecule has 0 aliphatic rings. The number of rotatable bonds is 5. The van der Waals surface area contributed by atoms with E-state index in [1.807, 2.05) is 52.0 Å².